The van der Waals surface area contributed by atoms with Crippen molar-refractivity contribution in [3.05, 3.63) is 42.0 Å². The average molecular weight is 242 g/mol. The van der Waals surface area contributed by atoms with Crippen LogP contribution in [0.4, 0.5) is 13.2 Å². The van der Waals surface area contributed by atoms with Crippen LogP contribution in [-0.2, 0) is 5.41 Å². The molecule has 0 radical (unpaired) electrons. The van der Waals surface area contributed by atoms with E-state index in [4.69, 9.17) is 0 Å². The molecule has 4 heteroatoms. The van der Waals surface area contributed by atoms with Gasteiger partial charge in [-0.25, -0.2) is 0 Å². The third-order valence-corrected chi connectivity index (χ3v) is 3.06. The Morgan fingerprint density at radius 2 is 1.82 bits per heavy atom. The van der Waals surface area contributed by atoms with E-state index in [0.29, 0.717) is 0 Å². The zero-order chi connectivity index (χ0) is 12.5. The fourth-order valence-corrected chi connectivity index (χ4v) is 2.09. The van der Waals surface area contributed by atoms with Gasteiger partial charge in [-0.15, -0.1) is 13.2 Å². The number of benzene rings is 1. The molecule has 1 aromatic carbocycles. The van der Waals surface area contributed by atoms with Gasteiger partial charge in [0.1, 0.15) is 5.75 Å². The molecule has 1 nitrogen and oxygen atoms in total. The van der Waals surface area contributed by atoms with Gasteiger partial charge >= 0.3 is 6.36 Å². The zero-order valence-corrected chi connectivity index (χ0v) is 9.42. The summed E-state index contributed by atoms with van der Waals surface area (Å²) in [6, 6.07) is 6.11. The number of rotatable bonds is 2. The van der Waals surface area contributed by atoms with Gasteiger partial charge in [0.2, 0.25) is 0 Å². The van der Waals surface area contributed by atoms with E-state index in [1.54, 1.807) is 12.1 Å². The Bertz CT molecular complexity index is 419. The standard InChI is InChI=1S/C13H13F3O/c1-12(8-2-3-9-12)10-4-6-11(7-5-10)17-13(14,15)16/h2,4-8H,3,9H2,1H3/t12-/m0/s1. The quantitative estimate of drug-likeness (QED) is 0.706. The molecule has 17 heavy (non-hydrogen) atoms. The van der Waals surface area contributed by atoms with Crippen LogP contribution < -0.4 is 4.74 Å². The predicted octanol–water partition coefficient (Wildman–Crippen LogP) is 4.19. The maximum absolute atomic E-state index is 12.0. The van der Waals surface area contributed by atoms with Crippen molar-refractivity contribution in [2.45, 2.75) is 31.5 Å². The number of ether oxygens (including phenoxy) is 1. The van der Waals surface area contributed by atoms with Crippen molar-refractivity contribution in [3.8, 4) is 5.75 Å². The zero-order valence-electron chi connectivity index (χ0n) is 9.42. The first-order chi connectivity index (χ1) is 7.89. The summed E-state index contributed by atoms with van der Waals surface area (Å²) in [4.78, 5) is 0. The smallest absolute Gasteiger partial charge is 0.406 e. The molecule has 0 spiro atoms. The molecule has 0 unspecified atom stereocenters. The Kier molecular flexibility index (Phi) is 2.89. The summed E-state index contributed by atoms with van der Waals surface area (Å²) in [5.74, 6) is -0.174. The maximum Gasteiger partial charge on any atom is 0.573 e. The van der Waals surface area contributed by atoms with Crippen molar-refractivity contribution in [3.63, 3.8) is 0 Å². The van der Waals surface area contributed by atoms with Crippen LogP contribution in [0.1, 0.15) is 25.3 Å². The lowest BCUT2D eigenvalue weighted by atomic mass is 9.82. The highest BCUT2D eigenvalue weighted by Crippen LogP contribution is 2.36. The summed E-state index contributed by atoms with van der Waals surface area (Å²) in [5.41, 5.74) is 0.956. The number of hydrogen-bond acceptors (Lipinski definition) is 1. The topological polar surface area (TPSA) is 9.23 Å². The molecule has 0 aliphatic heterocycles. The second kappa shape index (κ2) is 4.09. The highest BCUT2D eigenvalue weighted by atomic mass is 19.4. The van der Waals surface area contributed by atoms with Crippen LogP contribution in [0.2, 0.25) is 0 Å². The fourth-order valence-electron chi connectivity index (χ4n) is 2.09. The molecule has 0 N–H and O–H groups in total. The summed E-state index contributed by atoms with van der Waals surface area (Å²) in [6.07, 6.45) is 1.58. The molecule has 92 valence electrons. The molecule has 2 rings (SSSR count). The van der Waals surface area contributed by atoms with Crippen molar-refractivity contribution in [1.82, 2.24) is 0 Å². The van der Waals surface area contributed by atoms with E-state index in [0.717, 1.165) is 18.4 Å². The lowest BCUT2D eigenvalue weighted by Gasteiger charge is -2.22. The number of hydrogen-bond donors (Lipinski definition) is 0. The largest absolute Gasteiger partial charge is 0.573 e. The Labute approximate surface area is 97.9 Å². The van der Waals surface area contributed by atoms with Crippen LogP contribution >= 0.6 is 0 Å². The van der Waals surface area contributed by atoms with Gasteiger partial charge in [0.15, 0.2) is 0 Å². The van der Waals surface area contributed by atoms with Crippen molar-refractivity contribution in [2.24, 2.45) is 0 Å². The first-order valence-electron chi connectivity index (χ1n) is 5.43. The van der Waals surface area contributed by atoms with Gasteiger partial charge in [-0.1, -0.05) is 31.2 Å². The van der Waals surface area contributed by atoms with Gasteiger partial charge in [0.05, 0.1) is 0 Å². The van der Waals surface area contributed by atoms with Crippen LogP contribution in [0.15, 0.2) is 36.4 Å². The molecule has 1 aliphatic rings. The SMILES string of the molecule is C[C@]1(c2ccc(OC(F)(F)F)cc2)C=CCC1. The Balaban J connectivity index is 2.16. The summed E-state index contributed by atoms with van der Waals surface area (Å²) < 4.78 is 39.8. The van der Waals surface area contributed by atoms with Gasteiger partial charge in [-0.2, -0.15) is 0 Å². The van der Waals surface area contributed by atoms with Crippen molar-refractivity contribution < 1.29 is 17.9 Å². The monoisotopic (exact) mass is 242 g/mol. The highest BCUT2D eigenvalue weighted by molar-refractivity contribution is 5.36. The molecule has 0 heterocycles. The van der Waals surface area contributed by atoms with Crippen LogP contribution in [0.5, 0.6) is 5.75 Å². The van der Waals surface area contributed by atoms with E-state index in [1.807, 2.05) is 0 Å². The lowest BCUT2D eigenvalue weighted by Crippen LogP contribution is -2.18. The first kappa shape index (κ1) is 12.0. The Morgan fingerprint density at radius 1 is 1.18 bits per heavy atom. The van der Waals surface area contributed by atoms with Gasteiger partial charge < -0.3 is 4.74 Å². The summed E-state index contributed by atoms with van der Waals surface area (Å²) in [7, 11) is 0. The Hall–Kier alpha value is -1.45. The molecule has 1 aromatic rings. The fraction of sp³-hybridized carbons (Fsp3) is 0.385. The molecule has 1 aliphatic carbocycles. The summed E-state index contributed by atoms with van der Waals surface area (Å²) >= 11 is 0. The minimum atomic E-state index is -4.63. The molecule has 0 fully saturated rings. The van der Waals surface area contributed by atoms with Crippen LogP contribution in [0, 0.1) is 0 Å². The highest BCUT2D eigenvalue weighted by Gasteiger charge is 2.31. The molecule has 0 bridgehead atoms. The van der Waals surface area contributed by atoms with Gasteiger partial charge in [-0.05, 0) is 30.5 Å². The van der Waals surface area contributed by atoms with Gasteiger partial charge in [-0.3, -0.25) is 0 Å². The van der Waals surface area contributed by atoms with Crippen LogP contribution in [-0.4, -0.2) is 6.36 Å². The number of allylic oxidation sites excluding steroid dienone is 2. The van der Waals surface area contributed by atoms with Gasteiger partial charge in [0.25, 0.3) is 0 Å². The number of halogens is 3. The lowest BCUT2D eigenvalue weighted by molar-refractivity contribution is -0.274. The van der Waals surface area contributed by atoms with E-state index >= 15 is 0 Å². The summed E-state index contributed by atoms with van der Waals surface area (Å²) in [6.45, 7) is 2.08. The van der Waals surface area contributed by atoms with E-state index in [1.165, 1.54) is 12.1 Å². The third-order valence-electron chi connectivity index (χ3n) is 3.06. The van der Waals surface area contributed by atoms with Crippen LogP contribution in [0.25, 0.3) is 0 Å². The van der Waals surface area contributed by atoms with E-state index in [-0.39, 0.29) is 11.2 Å². The predicted molar refractivity (Wildman–Crippen MR) is 58.9 cm³/mol. The van der Waals surface area contributed by atoms with Crippen LogP contribution in [0.3, 0.4) is 0 Å². The second-order valence-electron chi connectivity index (χ2n) is 4.43. The normalized spacial score (nSPS) is 24.0. The molecule has 0 amide bonds. The Morgan fingerprint density at radius 3 is 2.29 bits per heavy atom. The molecule has 0 saturated carbocycles. The third kappa shape index (κ3) is 2.81. The minimum absolute atomic E-state index is 0.0588. The average Bonchev–Trinajstić information content (AvgIpc) is 2.65. The molecule has 0 aromatic heterocycles. The second-order valence-corrected chi connectivity index (χ2v) is 4.43. The summed E-state index contributed by atoms with van der Waals surface area (Å²) in [5, 5.41) is 0. The van der Waals surface area contributed by atoms with Crippen molar-refractivity contribution in [1.29, 1.82) is 0 Å². The number of alkyl halides is 3. The molecule has 1 atom stereocenters. The maximum atomic E-state index is 12.0. The first-order valence-corrected chi connectivity index (χ1v) is 5.43. The molecular weight excluding hydrogens is 229 g/mol. The van der Waals surface area contributed by atoms with Crippen molar-refractivity contribution in [2.75, 3.05) is 0 Å². The van der Waals surface area contributed by atoms with Crippen molar-refractivity contribution >= 4 is 0 Å². The van der Waals surface area contributed by atoms with E-state index in [2.05, 4.69) is 23.8 Å². The molecule has 0 saturated heterocycles. The van der Waals surface area contributed by atoms with E-state index < -0.39 is 6.36 Å². The van der Waals surface area contributed by atoms with Gasteiger partial charge in [0, 0.05) is 5.41 Å². The minimum Gasteiger partial charge on any atom is -0.406 e. The van der Waals surface area contributed by atoms with E-state index in [9.17, 15) is 13.2 Å². The molecular formula is C13H13F3O.